The summed E-state index contributed by atoms with van der Waals surface area (Å²) in [7, 11) is 0. The van der Waals surface area contributed by atoms with Gasteiger partial charge in [-0.05, 0) is 55.5 Å². The monoisotopic (exact) mass is 380 g/mol. The van der Waals surface area contributed by atoms with Gasteiger partial charge in [0.1, 0.15) is 23.9 Å². The second kappa shape index (κ2) is 9.27. The minimum atomic E-state index is -0.565. The van der Waals surface area contributed by atoms with Gasteiger partial charge in [0.25, 0.3) is 5.91 Å². The van der Waals surface area contributed by atoms with Crippen LogP contribution in [0, 0.1) is 0 Å². The summed E-state index contributed by atoms with van der Waals surface area (Å²) in [6, 6.07) is 19.0. The van der Waals surface area contributed by atoms with E-state index in [4.69, 9.17) is 13.9 Å². The number of hydrogen-bond donors (Lipinski definition) is 2. The van der Waals surface area contributed by atoms with Crippen molar-refractivity contribution in [1.82, 2.24) is 10.9 Å². The van der Waals surface area contributed by atoms with Crippen molar-refractivity contribution in [3.8, 4) is 11.5 Å². The minimum absolute atomic E-state index is 0.0682. The highest BCUT2D eigenvalue weighted by atomic mass is 16.5. The third-order valence-electron chi connectivity index (χ3n) is 3.73. The van der Waals surface area contributed by atoms with E-state index in [0.29, 0.717) is 29.4 Å². The van der Waals surface area contributed by atoms with Gasteiger partial charge in [0.15, 0.2) is 5.76 Å². The third-order valence-corrected chi connectivity index (χ3v) is 3.73. The summed E-state index contributed by atoms with van der Waals surface area (Å²) in [5, 5.41) is 0. The number of furan rings is 1. The first kappa shape index (κ1) is 19.0. The van der Waals surface area contributed by atoms with E-state index in [-0.39, 0.29) is 12.4 Å². The van der Waals surface area contributed by atoms with Crippen molar-refractivity contribution in [2.24, 2.45) is 0 Å². The molecule has 0 atom stereocenters. The molecule has 0 radical (unpaired) electrons. The third kappa shape index (κ3) is 5.14. The number of carbonyl (C=O) groups excluding carboxylic acids is 2. The van der Waals surface area contributed by atoms with Crippen molar-refractivity contribution in [2.75, 3.05) is 6.61 Å². The first-order valence-electron chi connectivity index (χ1n) is 8.76. The van der Waals surface area contributed by atoms with Crippen molar-refractivity contribution in [2.45, 2.75) is 13.5 Å². The van der Waals surface area contributed by atoms with Crippen LogP contribution in [0.4, 0.5) is 0 Å². The fourth-order valence-corrected chi connectivity index (χ4v) is 2.37. The largest absolute Gasteiger partial charge is 0.494 e. The molecule has 0 aliphatic carbocycles. The predicted molar refractivity (Wildman–Crippen MR) is 102 cm³/mol. The number of amides is 2. The summed E-state index contributed by atoms with van der Waals surface area (Å²) in [5.41, 5.74) is 5.05. The van der Waals surface area contributed by atoms with Crippen molar-refractivity contribution in [1.29, 1.82) is 0 Å². The molecule has 0 spiro atoms. The van der Waals surface area contributed by atoms with Crippen molar-refractivity contribution in [3.05, 3.63) is 83.8 Å². The molecule has 2 aromatic carbocycles. The van der Waals surface area contributed by atoms with Gasteiger partial charge in [-0.15, -0.1) is 0 Å². The van der Waals surface area contributed by atoms with Crippen LogP contribution in [0.3, 0.4) is 0 Å². The molecular weight excluding hydrogens is 360 g/mol. The van der Waals surface area contributed by atoms with Gasteiger partial charge < -0.3 is 13.9 Å². The van der Waals surface area contributed by atoms with Gasteiger partial charge in [-0.1, -0.05) is 18.2 Å². The summed E-state index contributed by atoms with van der Waals surface area (Å²) in [6.45, 7) is 2.61. The number of hydrazine groups is 1. The maximum atomic E-state index is 12.1. The van der Waals surface area contributed by atoms with Gasteiger partial charge in [-0.25, -0.2) is 0 Å². The molecule has 0 saturated heterocycles. The number of benzene rings is 2. The van der Waals surface area contributed by atoms with Gasteiger partial charge >= 0.3 is 5.91 Å². The lowest BCUT2D eigenvalue weighted by atomic mass is 10.2. The molecule has 0 bridgehead atoms. The van der Waals surface area contributed by atoms with Crippen LogP contribution in [0.5, 0.6) is 11.5 Å². The summed E-state index contributed by atoms with van der Waals surface area (Å²) in [5.74, 6) is 0.919. The molecule has 0 aliphatic heterocycles. The zero-order valence-corrected chi connectivity index (χ0v) is 15.3. The standard InChI is InChI=1S/C21H20N2O5/c1-2-26-17-10-8-15(9-11-17)20(24)22-23-21(25)19-13-12-18(28-19)14-27-16-6-4-3-5-7-16/h3-13H,2,14H2,1H3,(H,22,24)(H,23,25). The lowest BCUT2D eigenvalue weighted by Gasteiger charge is -2.07. The SMILES string of the molecule is CCOc1ccc(C(=O)NNC(=O)c2ccc(COc3ccccc3)o2)cc1. The van der Waals surface area contributed by atoms with Crippen LogP contribution >= 0.6 is 0 Å². The molecular formula is C21H20N2O5. The number of para-hydroxylation sites is 1. The van der Waals surface area contributed by atoms with Crippen molar-refractivity contribution < 1.29 is 23.5 Å². The first-order chi connectivity index (χ1) is 13.7. The second-order valence-corrected chi connectivity index (χ2v) is 5.73. The fraction of sp³-hybridized carbons (Fsp3) is 0.143. The maximum Gasteiger partial charge on any atom is 0.305 e. The molecule has 3 aromatic rings. The number of carbonyl (C=O) groups is 2. The lowest BCUT2D eigenvalue weighted by molar-refractivity contribution is 0.0828. The Hall–Kier alpha value is -3.74. The Morgan fingerprint density at radius 3 is 2.21 bits per heavy atom. The molecule has 1 aromatic heterocycles. The summed E-state index contributed by atoms with van der Waals surface area (Å²) in [4.78, 5) is 24.2. The summed E-state index contributed by atoms with van der Waals surface area (Å²) in [6.07, 6.45) is 0. The Morgan fingerprint density at radius 1 is 0.821 bits per heavy atom. The first-order valence-corrected chi connectivity index (χ1v) is 8.76. The van der Waals surface area contributed by atoms with E-state index in [9.17, 15) is 9.59 Å². The van der Waals surface area contributed by atoms with Crippen LogP contribution in [0.25, 0.3) is 0 Å². The molecule has 7 nitrogen and oxygen atoms in total. The fourth-order valence-electron chi connectivity index (χ4n) is 2.37. The summed E-state index contributed by atoms with van der Waals surface area (Å²) >= 11 is 0. The van der Waals surface area contributed by atoms with Gasteiger partial charge in [-0.2, -0.15) is 0 Å². The van der Waals surface area contributed by atoms with Gasteiger partial charge in [0.05, 0.1) is 6.61 Å². The van der Waals surface area contributed by atoms with Gasteiger partial charge in [0, 0.05) is 5.56 Å². The zero-order valence-electron chi connectivity index (χ0n) is 15.3. The maximum absolute atomic E-state index is 12.1. The molecule has 2 amide bonds. The number of hydrogen-bond acceptors (Lipinski definition) is 5. The topological polar surface area (TPSA) is 89.8 Å². The molecule has 0 unspecified atom stereocenters. The molecule has 0 fully saturated rings. The Morgan fingerprint density at radius 2 is 1.50 bits per heavy atom. The molecule has 1 heterocycles. The average molecular weight is 380 g/mol. The van der Waals surface area contributed by atoms with E-state index < -0.39 is 11.8 Å². The van der Waals surface area contributed by atoms with E-state index in [2.05, 4.69) is 10.9 Å². The van der Waals surface area contributed by atoms with Crippen LogP contribution in [0.1, 0.15) is 33.6 Å². The highest BCUT2D eigenvalue weighted by molar-refractivity contribution is 5.98. The van der Waals surface area contributed by atoms with E-state index in [1.54, 1.807) is 30.3 Å². The van der Waals surface area contributed by atoms with Gasteiger partial charge in [-0.3, -0.25) is 20.4 Å². The molecule has 7 heteroatoms. The highest BCUT2D eigenvalue weighted by Crippen LogP contribution is 2.14. The Kier molecular flexibility index (Phi) is 6.30. The Labute approximate surface area is 162 Å². The minimum Gasteiger partial charge on any atom is -0.494 e. The molecule has 0 saturated carbocycles. The highest BCUT2D eigenvalue weighted by Gasteiger charge is 2.13. The average Bonchev–Trinajstić information content (AvgIpc) is 3.21. The molecule has 0 aliphatic rings. The molecule has 2 N–H and O–H groups in total. The van der Waals surface area contributed by atoms with Crippen LogP contribution < -0.4 is 20.3 Å². The van der Waals surface area contributed by atoms with Crippen molar-refractivity contribution in [3.63, 3.8) is 0 Å². The second-order valence-electron chi connectivity index (χ2n) is 5.73. The number of ether oxygens (including phenoxy) is 2. The van der Waals surface area contributed by atoms with Gasteiger partial charge in [0.2, 0.25) is 0 Å². The predicted octanol–water partition coefficient (Wildman–Crippen LogP) is 3.33. The number of rotatable bonds is 7. The quantitative estimate of drug-likeness (QED) is 0.614. The zero-order chi connectivity index (χ0) is 19.8. The smallest absolute Gasteiger partial charge is 0.305 e. The number of nitrogens with one attached hydrogen (secondary N) is 2. The molecule has 28 heavy (non-hydrogen) atoms. The van der Waals surface area contributed by atoms with E-state index in [0.717, 1.165) is 0 Å². The van der Waals surface area contributed by atoms with Crippen LogP contribution in [-0.2, 0) is 6.61 Å². The van der Waals surface area contributed by atoms with Crippen LogP contribution in [-0.4, -0.2) is 18.4 Å². The van der Waals surface area contributed by atoms with Crippen LogP contribution in [0.15, 0.2) is 71.1 Å². The van der Waals surface area contributed by atoms with E-state index >= 15 is 0 Å². The van der Waals surface area contributed by atoms with E-state index in [1.807, 2.05) is 37.3 Å². The van der Waals surface area contributed by atoms with Crippen LogP contribution in [0.2, 0.25) is 0 Å². The normalized spacial score (nSPS) is 10.2. The molecule has 144 valence electrons. The lowest BCUT2D eigenvalue weighted by Crippen LogP contribution is -2.41. The van der Waals surface area contributed by atoms with E-state index in [1.165, 1.54) is 6.07 Å². The van der Waals surface area contributed by atoms with Crippen molar-refractivity contribution >= 4 is 11.8 Å². The Bertz CT molecular complexity index is 919. The Balaban J connectivity index is 1.49. The summed E-state index contributed by atoms with van der Waals surface area (Å²) < 4.78 is 16.3. The molecule has 3 rings (SSSR count).